The van der Waals surface area contributed by atoms with Crippen molar-refractivity contribution < 1.29 is 19.4 Å². The van der Waals surface area contributed by atoms with E-state index in [1.165, 1.54) is 12.8 Å². The Kier molecular flexibility index (Phi) is 3.48. The molecule has 3 aliphatic rings. The third-order valence-corrected chi connectivity index (χ3v) is 4.60. The Morgan fingerprint density at radius 3 is 2.42 bits per heavy atom. The van der Waals surface area contributed by atoms with Gasteiger partial charge >= 0.3 is 5.97 Å². The van der Waals surface area contributed by atoms with E-state index in [2.05, 4.69) is 0 Å². The maximum absolute atomic E-state index is 12.5. The fourth-order valence-electron chi connectivity index (χ4n) is 3.29. The Hall–Kier alpha value is -1.10. The number of carbonyl (C=O) groups excluding carboxylic acids is 1. The summed E-state index contributed by atoms with van der Waals surface area (Å²) in [4.78, 5) is 25.1. The van der Waals surface area contributed by atoms with Crippen molar-refractivity contribution in [2.45, 2.75) is 38.1 Å². The molecule has 1 amide bonds. The molecule has 106 valence electrons. The second-order valence-corrected chi connectivity index (χ2v) is 6.05. The molecule has 0 aromatic rings. The highest BCUT2D eigenvalue weighted by molar-refractivity contribution is 5.85. The van der Waals surface area contributed by atoms with Crippen molar-refractivity contribution in [1.82, 2.24) is 4.90 Å². The predicted octanol–water partition coefficient (Wildman–Crippen LogP) is 1.12. The van der Waals surface area contributed by atoms with Crippen molar-refractivity contribution in [3.8, 4) is 0 Å². The molecule has 19 heavy (non-hydrogen) atoms. The first kappa shape index (κ1) is 12.9. The van der Waals surface area contributed by atoms with Gasteiger partial charge in [0.1, 0.15) is 6.54 Å². The normalized spacial score (nSPS) is 30.9. The van der Waals surface area contributed by atoms with Gasteiger partial charge in [0.15, 0.2) is 0 Å². The number of carboxylic acids is 1. The molecule has 1 heterocycles. The second-order valence-electron chi connectivity index (χ2n) is 6.05. The lowest BCUT2D eigenvalue weighted by molar-refractivity contribution is -0.148. The zero-order valence-electron chi connectivity index (χ0n) is 11.1. The van der Waals surface area contributed by atoms with Crippen molar-refractivity contribution in [3.63, 3.8) is 0 Å². The number of nitrogens with zero attached hydrogens (tertiary/aromatic N) is 1. The number of hydrogen-bond acceptors (Lipinski definition) is 3. The highest BCUT2D eigenvalue weighted by Crippen LogP contribution is 2.55. The van der Waals surface area contributed by atoms with E-state index in [4.69, 9.17) is 9.84 Å². The van der Waals surface area contributed by atoms with Gasteiger partial charge in [0.05, 0.1) is 0 Å². The number of carbonyl (C=O) groups is 2. The van der Waals surface area contributed by atoms with E-state index < -0.39 is 5.97 Å². The van der Waals surface area contributed by atoms with Gasteiger partial charge in [-0.2, -0.15) is 0 Å². The summed E-state index contributed by atoms with van der Waals surface area (Å²) in [5.41, 5.74) is 0. The Morgan fingerprint density at radius 1 is 1.16 bits per heavy atom. The van der Waals surface area contributed by atoms with Crippen LogP contribution in [0, 0.1) is 17.8 Å². The largest absolute Gasteiger partial charge is 0.480 e. The summed E-state index contributed by atoms with van der Waals surface area (Å²) in [6.07, 6.45) is 5.01. The van der Waals surface area contributed by atoms with E-state index in [0.717, 1.165) is 25.2 Å². The number of ether oxygens (including phenoxy) is 1. The zero-order chi connectivity index (χ0) is 13.4. The number of carboxylic acid groups (broad SMARTS) is 1. The van der Waals surface area contributed by atoms with Crippen LogP contribution < -0.4 is 0 Å². The molecular formula is C14H21NO4. The van der Waals surface area contributed by atoms with Crippen LogP contribution in [-0.2, 0) is 14.3 Å². The average Bonchev–Trinajstić information content (AvgIpc) is 3.27. The minimum Gasteiger partial charge on any atom is -0.480 e. The van der Waals surface area contributed by atoms with Crippen molar-refractivity contribution in [3.05, 3.63) is 0 Å². The fourth-order valence-corrected chi connectivity index (χ4v) is 3.29. The smallest absolute Gasteiger partial charge is 0.323 e. The number of aliphatic carboxylic acids is 1. The van der Waals surface area contributed by atoms with Gasteiger partial charge < -0.3 is 14.7 Å². The molecule has 5 heteroatoms. The molecule has 5 nitrogen and oxygen atoms in total. The molecule has 2 atom stereocenters. The highest BCUT2D eigenvalue weighted by Gasteiger charge is 2.52. The van der Waals surface area contributed by atoms with Gasteiger partial charge in [-0.15, -0.1) is 0 Å². The first-order chi connectivity index (χ1) is 9.16. The van der Waals surface area contributed by atoms with Crippen LogP contribution in [0.1, 0.15) is 32.1 Å². The molecular weight excluding hydrogens is 246 g/mol. The SMILES string of the molecule is O=C(O)CN(C(=O)[C@H]1C[C@@H]1C1CC1)C1CCOCC1. The molecule has 1 aliphatic heterocycles. The standard InChI is InChI=1S/C14H21NO4/c16-13(17)8-15(10-3-5-19-6-4-10)14(18)12-7-11(12)9-1-2-9/h9-12H,1-8H2,(H,16,17)/t11-,12+/m1/s1. The third kappa shape index (κ3) is 2.91. The molecule has 1 saturated heterocycles. The summed E-state index contributed by atoms with van der Waals surface area (Å²) >= 11 is 0. The Morgan fingerprint density at radius 2 is 1.84 bits per heavy atom. The van der Waals surface area contributed by atoms with E-state index in [0.29, 0.717) is 19.1 Å². The van der Waals surface area contributed by atoms with E-state index >= 15 is 0 Å². The molecule has 0 spiro atoms. The molecule has 3 fully saturated rings. The molecule has 0 unspecified atom stereocenters. The van der Waals surface area contributed by atoms with Gasteiger partial charge in [0.2, 0.25) is 5.91 Å². The summed E-state index contributed by atoms with van der Waals surface area (Å²) in [5, 5.41) is 9.03. The molecule has 2 aliphatic carbocycles. The Balaban J connectivity index is 1.63. The van der Waals surface area contributed by atoms with E-state index in [1.807, 2.05) is 0 Å². The molecule has 3 rings (SSSR count). The van der Waals surface area contributed by atoms with Crippen LogP contribution in [-0.4, -0.2) is 47.7 Å². The molecule has 2 saturated carbocycles. The Bertz CT molecular complexity index is 374. The maximum Gasteiger partial charge on any atom is 0.323 e. The average molecular weight is 267 g/mol. The van der Waals surface area contributed by atoms with Crippen LogP contribution >= 0.6 is 0 Å². The van der Waals surface area contributed by atoms with Gasteiger partial charge in [-0.05, 0) is 43.9 Å². The lowest BCUT2D eigenvalue weighted by atomic mass is 10.1. The van der Waals surface area contributed by atoms with Gasteiger partial charge in [-0.3, -0.25) is 9.59 Å². The van der Waals surface area contributed by atoms with Crippen LogP contribution in [0.3, 0.4) is 0 Å². The van der Waals surface area contributed by atoms with E-state index in [-0.39, 0.29) is 24.4 Å². The number of amides is 1. The van der Waals surface area contributed by atoms with Gasteiger partial charge in [-0.1, -0.05) is 0 Å². The van der Waals surface area contributed by atoms with Crippen molar-refractivity contribution in [2.24, 2.45) is 17.8 Å². The lowest BCUT2D eigenvalue weighted by Gasteiger charge is -2.33. The molecule has 0 bridgehead atoms. The van der Waals surface area contributed by atoms with Crippen molar-refractivity contribution in [2.75, 3.05) is 19.8 Å². The van der Waals surface area contributed by atoms with Crippen LogP contribution in [0.2, 0.25) is 0 Å². The first-order valence-corrected chi connectivity index (χ1v) is 7.27. The topological polar surface area (TPSA) is 66.8 Å². The quantitative estimate of drug-likeness (QED) is 0.810. The van der Waals surface area contributed by atoms with Crippen LogP contribution in [0.25, 0.3) is 0 Å². The first-order valence-electron chi connectivity index (χ1n) is 7.27. The molecule has 0 radical (unpaired) electrons. The fraction of sp³-hybridized carbons (Fsp3) is 0.857. The van der Waals surface area contributed by atoms with Crippen LogP contribution in [0.5, 0.6) is 0 Å². The van der Waals surface area contributed by atoms with Crippen LogP contribution in [0.4, 0.5) is 0 Å². The second kappa shape index (κ2) is 5.12. The summed E-state index contributed by atoms with van der Waals surface area (Å²) in [7, 11) is 0. The Labute approximate surface area is 112 Å². The van der Waals surface area contributed by atoms with Gasteiger partial charge in [-0.25, -0.2) is 0 Å². The van der Waals surface area contributed by atoms with Crippen molar-refractivity contribution >= 4 is 11.9 Å². The summed E-state index contributed by atoms with van der Waals surface area (Å²) in [6.45, 7) is 1.10. The predicted molar refractivity (Wildman–Crippen MR) is 67.5 cm³/mol. The van der Waals surface area contributed by atoms with E-state index in [9.17, 15) is 9.59 Å². The van der Waals surface area contributed by atoms with Gasteiger partial charge in [0.25, 0.3) is 0 Å². The summed E-state index contributed by atoms with van der Waals surface area (Å²) in [6, 6.07) is 0.0535. The molecule has 0 aromatic carbocycles. The minimum absolute atomic E-state index is 0.0535. The summed E-state index contributed by atoms with van der Waals surface area (Å²) in [5.74, 6) is 0.559. The lowest BCUT2D eigenvalue weighted by Crippen LogP contribution is -2.47. The van der Waals surface area contributed by atoms with Crippen LogP contribution in [0.15, 0.2) is 0 Å². The summed E-state index contributed by atoms with van der Waals surface area (Å²) < 4.78 is 5.29. The molecule has 1 N–H and O–H groups in total. The number of hydrogen-bond donors (Lipinski definition) is 1. The minimum atomic E-state index is -0.913. The molecule has 0 aromatic heterocycles. The maximum atomic E-state index is 12.5. The van der Waals surface area contributed by atoms with E-state index in [1.54, 1.807) is 4.90 Å². The van der Waals surface area contributed by atoms with Gasteiger partial charge in [0, 0.05) is 25.2 Å². The van der Waals surface area contributed by atoms with Crippen molar-refractivity contribution in [1.29, 1.82) is 0 Å². The third-order valence-electron chi connectivity index (χ3n) is 4.60. The zero-order valence-corrected chi connectivity index (χ0v) is 11.1. The highest BCUT2D eigenvalue weighted by atomic mass is 16.5. The number of rotatable bonds is 5. The monoisotopic (exact) mass is 267 g/mol.